The molecule has 0 aromatic heterocycles. The Labute approximate surface area is 60.2 Å². The maximum absolute atomic E-state index is 5.46. The maximum atomic E-state index is 5.46. The Morgan fingerprint density at radius 1 is 1.22 bits per heavy atom. The minimum Gasteiger partial charge on any atom is -0.380 e. The topological polar surface area (TPSA) is 9.23 Å². The lowest BCUT2D eigenvalue weighted by molar-refractivity contribution is 0.128. The van der Waals surface area contributed by atoms with Crippen molar-refractivity contribution in [2.24, 2.45) is 5.92 Å². The summed E-state index contributed by atoms with van der Waals surface area (Å²) in [6, 6.07) is 0. The number of thioether (sulfide) groups is 1. The molecule has 9 heavy (non-hydrogen) atoms. The third-order valence-corrected chi connectivity index (χ3v) is 3.63. The highest BCUT2D eigenvalue weighted by molar-refractivity contribution is 8.00. The van der Waals surface area contributed by atoms with E-state index in [1.807, 2.05) is 0 Å². The fraction of sp³-hybridized carbons (Fsp3) is 1.00. The highest BCUT2D eigenvalue weighted by Crippen LogP contribution is 2.32. The second-order valence-electron chi connectivity index (χ2n) is 2.94. The van der Waals surface area contributed by atoms with Crippen molar-refractivity contribution in [2.75, 3.05) is 19.0 Å². The summed E-state index contributed by atoms with van der Waals surface area (Å²) in [5.41, 5.74) is 0. The summed E-state index contributed by atoms with van der Waals surface area (Å²) >= 11 is 2.11. The molecule has 0 radical (unpaired) electrons. The van der Waals surface area contributed by atoms with E-state index in [1.165, 1.54) is 18.6 Å². The molecule has 0 N–H and O–H groups in total. The summed E-state index contributed by atoms with van der Waals surface area (Å²) in [6.07, 6.45) is 2.81. The lowest BCUT2D eigenvalue weighted by atomic mass is 10.1. The molecular formula is C7H12OS. The summed E-state index contributed by atoms with van der Waals surface area (Å²) in [5, 5.41) is 0.837. The van der Waals surface area contributed by atoms with Gasteiger partial charge in [0.25, 0.3) is 0 Å². The number of rotatable bonds is 0. The molecule has 2 bridgehead atoms. The highest BCUT2D eigenvalue weighted by Gasteiger charge is 2.25. The quantitative estimate of drug-likeness (QED) is 0.510. The molecule has 2 unspecified atom stereocenters. The molecule has 0 aliphatic carbocycles. The predicted molar refractivity (Wildman–Crippen MR) is 39.8 cm³/mol. The molecule has 3 saturated heterocycles. The summed E-state index contributed by atoms with van der Waals surface area (Å²) < 4.78 is 5.46. The van der Waals surface area contributed by atoms with E-state index >= 15 is 0 Å². The molecule has 2 atom stereocenters. The Bertz CT molecular complexity index is 79.6. The fourth-order valence-electron chi connectivity index (χ4n) is 1.49. The second-order valence-corrected chi connectivity index (χ2v) is 4.27. The Hall–Kier alpha value is 0.310. The molecule has 0 aromatic carbocycles. The zero-order valence-corrected chi connectivity index (χ0v) is 6.32. The second kappa shape index (κ2) is 2.51. The van der Waals surface area contributed by atoms with Gasteiger partial charge in [0.1, 0.15) is 0 Å². The van der Waals surface area contributed by atoms with Crippen molar-refractivity contribution < 1.29 is 4.74 Å². The van der Waals surface area contributed by atoms with Gasteiger partial charge in [-0.1, -0.05) is 0 Å². The van der Waals surface area contributed by atoms with E-state index in [0.717, 1.165) is 24.4 Å². The molecule has 3 aliphatic heterocycles. The van der Waals surface area contributed by atoms with Crippen LogP contribution in [0.5, 0.6) is 0 Å². The molecule has 3 fully saturated rings. The van der Waals surface area contributed by atoms with Gasteiger partial charge in [-0.15, -0.1) is 0 Å². The lowest BCUT2D eigenvalue weighted by Gasteiger charge is -2.20. The Morgan fingerprint density at radius 3 is 3.00 bits per heavy atom. The van der Waals surface area contributed by atoms with Gasteiger partial charge in [-0.2, -0.15) is 11.8 Å². The largest absolute Gasteiger partial charge is 0.380 e. The third-order valence-electron chi connectivity index (χ3n) is 2.12. The zero-order valence-electron chi connectivity index (χ0n) is 5.51. The number of hydrogen-bond donors (Lipinski definition) is 0. The van der Waals surface area contributed by atoms with Crippen molar-refractivity contribution in [1.82, 2.24) is 0 Å². The number of ether oxygens (including phenoxy) is 1. The van der Waals surface area contributed by atoms with Crippen LogP contribution in [0.4, 0.5) is 0 Å². The van der Waals surface area contributed by atoms with Crippen LogP contribution in [0, 0.1) is 5.92 Å². The maximum Gasteiger partial charge on any atom is 0.0585 e. The van der Waals surface area contributed by atoms with Crippen LogP contribution in [0.25, 0.3) is 0 Å². The van der Waals surface area contributed by atoms with Crippen LogP contribution in [0.3, 0.4) is 0 Å². The first-order valence-electron chi connectivity index (χ1n) is 3.64. The van der Waals surface area contributed by atoms with Gasteiger partial charge in [0.05, 0.1) is 13.2 Å². The summed E-state index contributed by atoms with van der Waals surface area (Å²) in [5.74, 6) is 2.23. The number of hydrogen-bond acceptors (Lipinski definition) is 2. The zero-order chi connectivity index (χ0) is 6.10. The minimum absolute atomic E-state index is 0.837. The molecule has 0 spiro atoms. The molecule has 3 heterocycles. The van der Waals surface area contributed by atoms with Gasteiger partial charge >= 0.3 is 0 Å². The molecule has 2 heteroatoms. The first kappa shape index (κ1) is 6.05. The van der Waals surface area contributed by atoms with E-state index in [4.69, 9.17) is 4.74 Å². The van der Waals surface area contributed by atoms with Gasteiger partial charge in [0.15, 0.2) is 0 Å². The third kappa shape index (κ3) is 1.24. The fourth-order valence-corrected chi connectivity index (χ4v) is 2.79. The molecular weight excluding hydrogens is 132 g/mol. The average Bonchev–Trinajstić information content (AvgIpc) is 2.21. The van der Waals surface area contributed by atoms with Crippen molar-refractivity contribution in [3.8, 4) is 0 Å². The molecule has 0 aromatic rings. The normalized spacial score (nSPS) is 42.7. The van der Waals surface area contributed by atoms with Gasteiger partial charge in [0.2, 0.25) is 0 Å². The van der Waals surface area contributed by atoms with Crippen LogP contribution < -0.4 is 0 Å². The standard InChI is InChI=1S/C7H12OS/c1-2-7-4-8-3-6(1)5-9-7/h6-7H,1-5H2. The Kier molecular flexibility index (Phi) is 1.68. The van der Waals surface area contributed by atoms with E-state index in [9.17, 15) is 0 Å². The van der Waals surface area contributed by atoms with Crippen LogP contribution in [-0.4, -0.2) is 24.2 Å². The highest BCUT2D eigenvalue weighted by atomic mass is 32.2. The molecule has 0 saturated carbocycles. The van der Waals surface area contributed by atoms with Gasteiger partial charge in [-0.3, -0.25) is 0 Å². The summed E-state index contributed by atoms with van der Waals surface area (Å²) in [6.45, 7) is 2.05. The van der Waals surface area contributed by atoms with Crippen LogP contribution in [0.15, 0.2) is 0 Å². The van der Waals surface area contributed by atoms with E-state index in [1.54, 1.807) is 0 Å². The minimum atomic E-state index is 0.837. The van der Waals surface area contributed by atoms with Crippen molar-refractivity contribution in [3.63, 3.8) is 0 Å². The first-order chi connectivity index (χ1) is 4.45. The number of fused-ring (bicyclic) bond motifs is 4. The van der Waals surface area contributed by atoms with Crippen LogP contribution in [0.2, 0.25) is 0 Å². The van der Waals surface area contributed by atoms with Crippen molar-refractivity contribution in [3.05, 3.63) is 0 Å². The predicted octanol–water partition coefficient (Wildman–Crippen LogP) is 1.53. The molecule has 3 aliphatic rings. The smallest absolute Gasteiger partial charge is 0.0585 e. The Balaban J connectivity index is 2.03. The van der Waals surface area contributed by atoms with Crippen LogP contribution >= 0.6 is 11.8 Å². The van der Waals surface area contributed by atoms with E-state index < -0.39 is 0 Å². The molecule has 3 rings (SSSR count). The van der Waals surface area contributed by atoms with Crippen LogP contribution in [0.1, 0.15) is 12.8 Å². The summed E-state index contributed by atoms with van der Waals surface area (Å²) in [7, 11) is 0. The van der Waals surface area contributed by atoms with Crippen molar-refractivity contribution in [2.45, 2.75) is 18.1 Å². The van der Waals surface area contributed by atoms with Gasteiger partial charge in [-0.05, 0) is 24.5 Å². The van der Waals surface area contributed by atoms with E-state index in [0.29, 0.717) is 0 Å². The monoisotopic (exact) mass is 144 g/mol. The van der Waals surface area contributed by atoms with Gasteiger partial charge in [0, 0.05) is 5.25 Å². The molecule has 52 valence electrons. The Morgan fingerprint density at radius 2 is 2.22 bits per heavy atom. The molecule has 1 nitrogen and oxygen atoms in total. The van der Waals surface area contributed by atoms with Gasteiger partial charge < -0.3 is 4.74 Å². The molecule has 0 amide bonds. The summed E-state index contributed by atoms with van der Waals surface area (Å²) in [4.78, 5) is 0. The van der Waals surface area contributed by atoms with Crippen molar-refractivity contribution in [1.29, 1.82) is 0 Å². The van der Waals surface area contributed by atoms with E-state index in [-0.39, 0.29) is 0 Å². The average molecular weight is 144 g/mol. The first-order valence-corrected chi connectivity index (χ1v) is 4.69. The lowest BCUT2D eigenvalue weighted by Crippen LogP contribution is -2.15. The van der Waals surface area contributed by atoms with E-state index in [2.05, 4.69) is 11.8 Å². The SMILES string of the molecule is C1CC2COCC1CS2. The van der Waals surface area contributed by atoms with Gasteiger partial charge in [-0.25, -0.2) is 0 Å². The van der Waals surface area contributed by atoms with Crippen LogP contribution in [-0.2, 0) is 4.74 Å². The van der Waals surface area contributed by atoms with Crippen molar-refractivity contribution >= 4 is 11.8 Å².